The molecule has 0 spiro atoms. The molecule has 0 heterocycles. The summed E-state index contributed by atoms with van der Waals surface area (Å²) in [4.78, 5) is 0. The Hall–Kier alpha value is -1.37. The highest BCUT2D eigenvalue weighted by molar-refractivity contribution is 6.08. The van der Waals surface area contributed by atoms with E-state index < -0.39 is 0 Å². The van der Waals surface area contributed by atoms with Gasteiger partial charge in [-0.2, -0.15) is 0 Å². The number of rotatable bonds is 4. The Labute approximate surface area is 116 Å². The summed E-state index contributed by atoms with van der Waals surface area (Å²) in [5.41, 5.74) is 2.14. The van der Waals surface area contributed by atoms with Crippen molar-refractivity contribution in [2.45, 2.75) is 55.4 Å². The van der Waals surface area contributed by atoms with Crippen LogP contribution >= 0.6 is 0 Å². The molecule has 0 atom stereocenters. The van der Waals surface area contributed by atoms with Crippen molar-refractivity contribution >= 4 is 5.71 Å². The van der Waals surface area contributed by atoms with Crippen molar-refractivity contribution < 1.29 is 0 Å². The van der Waals surface area contributed by atoms with Gasteiger partial charge in [-0.05, 0) is 25.5 Å². The molecular weight excluding hydrogens is 218 g/mol. The lowest BCUT2D eigenvalue weighted by Gasteiger charge is -2.02. The molecule has 0 rings (SSSR count). The third-order valence-corrected chi connectivity index (χ3v) is 1.41. The molecule has 0 aliphatic rings. The van der Waals surface area contributed by atoms with Gasteiger partial charge in [-0.15, -0.1) is 0 Å². The summed E-state index contributed by atoms with van der Waals surface area (Å²) < 4.78 is 0. The van der Waals surface area contributed by atoms with Crippen LogP contribution in [0, 0.1) is 5.41 Å². The molecule has 0 aromatic rings. The van der Waals surface area contributed by atoms with E-state index in [0.717, 1.165) is 11.1 Å². The van der Waals surface area contributed by atoms with E-state index in [2.05, 4.69) is 13.2 Å². The van der Waals surface area contributed by atoms with Crippen LogP contribution in [0.3, 0.4) is 0 Å². The van der Waals surface area contributed by atoms with Gasteiger partial charge in [0.15, 0.2) is 0 Å². The zero-order valence-electron chi connectivity index (χ0n) is 13.7. The fraction of sp³-hybridized carbons (Fsp3) is 0.471. The molecule has 0 aromatic heterocycles. The van der Waals surface area contributed by atoms with Crippen molar-refractivity contribution in [1.29, 1.82) is 5.41 Å². The van der Waals surface area contributed by atoms with E-state index in [1.165, 1.54) is 6.08 Å². The maximum atomic E-state index is 7.52. The molecule has 0 saturated carbocycles. The molecule has 1 N–H and O–H groups in total. The molecule has 18 heavy (non-hydrogen) atoms. The van der Waals surface area contributed by atoms with Crippen LogP contribution in [-0.4, -0.2) is 5.71 Å². The van der Waals surface area contributed by atoms with E-state index in [0.29, 0.717) is 5.71 Å². The molecule has 1 nitrogen and oxygen atoms in total. The van der Waals surface area contributed by atoms with Gasteiger partial charge in [0, 0.05) is 5.57 Å². The molecule has 0 aromatic carbocycles. The zero-order chi connectivity index (χ0) is 15.6. The minimum atomic E-state index is 0.417. The smallest absolute Gasteiger partial charge is 0.0608 e. The molecule has 0 aliphatic carbocycles. The quantitative estimate of drug-likeness (QED) is 0.444. The fourth-order valence-corrected chi connectivity index (χ4v) is 0.764. The Bertz CT molecular complexity index is 255. The molecule has 0 fully saturated rings. The zero-order valence-corrected chi connectivity index (χ0v) is 13.7. The highest BCUT2D eigenvalue weighted by atomic mass is 14.4. The second kappa shape index (κ2) is 24.7. The SMILES string of the molecule is C=CC(=N)/C(=C\C=C/C)C(=C)C.CC.CC.CC. The number of hydrogen-bond donors (Lipinski definition) is 1. The van der Waals surface area contributed by atoms with Crippen LogP contribution in [0.5, 0.6) is 0 Å². The van der Waals surface area contributed by atoms with E-state index in [1.807, 2.05) is 73.6 Å². The van der Waals surface area contributed by atoms with Crippen LogP contribution in [0.1, 0.15) is 55.4 Å². The first-order chi connectivity index (χ1) is 8.63. The minimum absolute atomic E-state index is 0.417. The summed E-state index contributed by atoms with van der Waals surface area (Å²) in [5, 5.41) is 7.52. The van der Waals surface area contributed by atoms with Crippen molar-refractivity contribution in [3.63, 3.8) is 0 Å². The lowest BCUT2D eigenvalue weighted by Crippen LogP contribution is -1.96. The van der Waals surface area contributed by atoms with E-state index in [9.17, 15) is 0 Å². The number of allylic oxidation sites excluding steroid dienone is 6. The van der Waals surface area contributed by atoms with E-state index in [4.69, 9.17) is 5.41 Å². The summed E-state index contributed by atoms with van der Waals surface area (Å²) in [6.45, 7) is 23.1. The Balaban J connectivity index is -0.000000141. The Kier molecular flexibility index (Phi) is 35.0. The molecule has 0 bridgehead atoms. The van der Waals surface area contributed by atoms with Gasteiger partial charge in [-0.25, -0.2) is 0 Å². The van der Waals surface area contributed by atoms with Crippen molar-refractivity contribution in [3.05, 3.63) is 48.6 Å². The van der Waals surface area contributed by atoms with Gasteiger partial charge in [0.05, 0.1) is 5.71 Å². The van der Waals surface area contributed by atoms with Gasteiger partial charge < -0.3 is 5.41 Å². The van der Waals surface area contributed by atoms with Crippen LogP contribution in [-0.2, 0) is 0 Å². The standard InChI is InChI=1S/C11H15N.3C2H6/c1-5-7-8-10(9(3)4)11(12)6-2;3*1-2/h5-8,12H,2-3H2,1,4H3;3*1-2H3/b7-5-,10-8-,12-11?;;;. The van der Waals surface area contributed by atoms with Crippen molar-refractivity contribution in [2.24, 2.45) is 0 Å². The first-order valence-corrected chi connectivity index (χ1v) is 6.83. The molecular formula is C17H33N. The van der Waals surface area contributed by atoms with Gasteiger partial charge in [0.2, 0.25) is 0 Å². The molecule has 0 unspecified atom stereocenters. The predicted molar refractivity (Wildman–Crippen MR) is 89.7 cm³/mol. The molecule has 106 valence electrons. The normalized spacial score (nSPS) is 8.78. The second-order valence-corrected chi connectivity index (χ2v) is 2.50. The van der Waals surface area contributed by atoms with Crippen LogP contribution < -0.4 is 0 Å². The van der Waals surface area contributed by atoms with Crippen molar-refractivity contribution in [1.82, 2.24) is 0 Å². The maximum absolute atomic E-state index is 7.52. The van der Waals surface area contributed by atoms with E-state index >= 15 is 0 Å². The van der Waals surface area contributed by atoms with Gasteiger partial charge in [-0.1, -0.05) is 72.9 Å². The lowest BCUT2D eigenvalue weighted by molar-refractivity contribution is 1.43. The molecule has 1 heteroatoms. The first-order valence-electron chi connectivity index (χ1n) is 6.83. The minimum Gasteiger partial charge on any atom is -0.300 e. The molecule has 0 saturated heterocycles. The largest absolute Gasteiger partial charge is 0.300 e. The van der Waals surface area contributed by atoms with Gasteiger partial charge >= 0.3 is 0 Å². The van der Waals surface area contributed by atoms with Crippen molar-refractivity contribution in [2.75, 3.05) is 0 Å². The highest BCUT2D eigenvalue weighted by Gasteiger charge is 1.99. The average molecular weight is 251 g/mol. The lowest BCUT2D eigenvalue weighted by atomic mass is 10.0. The Morgan fingerprint density at radius 2 is 1.39 bits per heavy atom. The van der Waals surface area contributed by atoms with Crippen LogP contribution in [0.4, 0.5) is 0 Å². The average Bonchev–Trinajstić information content (AvgIpc) is 2.45. The highest BCUT2D eigenvalue weighted by Crippen LogP contribution is 2.08. The third-order valence-electron chi connectivity index (χ3n) is 1.41. The summed E-state index contributed by atoms with van der Waals surface area (Å²) in [5.74, 6) is 0. The van der Waals surface area contributed by atoms with Gasteiger partial charge in [0.25, 0.3) is 0 Å². The van der Waals surface area contributed by atoms with Crippen LogP contribution in [0.25, 0.3) is 0 Å². The number of hydrogen-bond acceptors (Lipinski definition) is 1. The van der Waals surface area contributed by atoms with Gasteiger partial charge in [-0.3, -0.25) is 0 Å². The van der Waals surface area contributed by atoms with Crippen LogP contribution in [0.15, 0.2) is 48.6 Å². The molecule has 0 radical (unpaired) electrons. The van der Waals surface area contributed by atoms with E-state index in [-0.39, 0.29) is 0 Å². The third kappa shape index (κ3) is 17.0. The first kappa shape index (κ1) is 25.5. The summed E-state index contributed by atoms with van der Waals surface area (Å²) in [6.07, 6.45) is 7.19. The second-order valence-electron chi connectivity index (χ2n) is 2.50. The summed E-state index contributed by atoms with van der Waals surface area (Å²) >= 11 is 0. The predicted octanol–water partition coefficient (Wildman–Crippen LogP) is 6.35. The van der Waals surface area contributed by atoms with Gasteiger partial charge in [0.1, 0.15) is 0 Å². The van der Waals surface area contributed by atoms with Crippen molar-refractivity contribution in [3.8, 4) is 0 Å². The summed E-state index contributed by atoms with van der Waals surface area (Å²) in [7, 11) is 0. The Morgan fingerprint density at radius 3 is 1.61 bits per heavy atom. The Morgan fingerprint density at radius 1 is 1.00 bits per heavy atom. The molecule has 0 aliphatic heterocycles. The summed E-state index contributed by atoms with van der Waals surface area (Å²) in [6, 6.07) is 0. The van der Waals surface area contributed by atoms with Crippen LogP contribution in [0.2, 0.25) is 0 Å². The maximum Gasteiger partial charge on any atom is 0.0608 e. The topological polar surface area (TPSA) is 23.9 Å². The monoisotopic (exact) mass is 251 g/mol. The number of nitrogens with one attached hydrogen (secondary N) is 1. The molecule has 0 amide bonds. The fourth-order valence-electron chi connectivity index (χ4n) is 0.764. The van der Waals surface area contributed by atoms with E-state index in [1.54, 1.807) is 0 Å².